The number of carboxylic acids is 1. The van der Waals surface area contributed by atoms with E-state index in [1.165, 1.54) is 6.07 Å². The van der Waals surface area contributed by atoms with Crippen LogP contribution in [-0.4, -0.2) is 17.6 Å². The number of carbonyl (C=O) groups is 1. The first-order valence-corrected chi connectivity index (χ1v) is 4.04. The molecule has 0 unspecified atom stereocenters. The second kappa shape index (κ2) is 4.17. The van der Waals surface area contributed by atoms with Crippen molar-refractivity contribution in [3.8, 4) is 0 Å². The Morgan fingerprint density at radius 3 is 2.71 bits per heavy atom. The van der Waals surface area contributed by atoms with Gasteiger partial charge in [0.15, 0.2) is 0 Å². The van der Waals surface area contributed by atoms with Gasteiger partial charge in [-0.25, -0.2) is 9.18 Å². The summed E-state index contributed by atoms with van der Waals surface area (Å²) in [6.07, 6.45) is 0. The summed E-state index contributed by atoms with van der Waals surface area (Å²) >= 11 is 0. The SMILES string of the molecule is NC[C@@H](N)c1cc(F)ccc1C(=O)O. The number of halogens is 1. The van der Waals surface area contributed by atoms with E-state index in [0.717, 1.165) is 12.1 Å². The summed E-state index contributed by atoms with van der Waals surface area (Å²) in [6, 6.07) is 2.71. The van der Waals surface area contributed by atoms with Gasteiger partial charge in [-0.05, 0) is 23.8 Å². The van der Waals surface area contributed by atoms with Crippen LogP contribution >= 0.6 is 0 Å². The van der Waals surface area contributed by atoms with Crippen molar-refractivity contribution < 1.29 is 14.3 Å². The minimum absolute atomic E-state index is 0.00986. The van der Waals surface area contributed by atoms with Crippen molar-refractivity contribution >= 4 is 5.97 Å². The predicted molar refractivity (Wildman–Crippen MR) is 49.3 cm³/mol. The quantitative estimate of drug-likeness (QED) is 0.659. The van der Waals surface area contributed by atoms with E-state index < -0.39 is 17.8 Å². The molecule has 14 heavy (non-hydrogen) atoms. The van der Waals surface area contributed by atoms with Gasteiger partial charge < -0.3 is 16.6 Å². The van der Waals surface area contributed by atoms with Crippen molar-refractivity contribution in [1.29, 1.82) is 0 Å². The predicted octanol–water partition coefficient (Wildman–Crippen LogP) is 0.482. The maximum atomic E-state index is 12.8. The Balaban J connectivity index is 3.22. The highest BCUT2D eigenvalue weighted by Crippen LogP contribution is 2.17. The molecule has 1 aromatic carbocycles. The molecule has 0 saturated heterocycles. The van der Waals surface area contributed by atoms with Gasteiger partial charge >= 0.3 is 5.97 Å². The Kier molecular flexibility index (Phi) is 3.16. The third kappa shape index (κ3) is 2.07. The highest BCUT2D eigenvalue weighted by atomic mass is 19.1. The van der Waals surface area contributed by atoms with Gasteiger partial charge in [0.2, 0.25) is 0 Å². The summed E-state index contributed by atoms with van der Waals surface area (Å²) < 4.78 is 12.8. The maximum Gasteiger partial charge on any atom is 0.336 e. The lowest BCUT2D eigenvalue weighted by atomic mass is 10.0. The average Bonchev–Trinajstić information content (AvgIpc) is 2.16. The van der Waals surface area contributed by atoms with Gasteiger partial charge in [0.1, 0.15) is 5.82 Å². The summed E-state index contributed by atoms with van der Waals surface area (Å²) in [7, 11) is 0. The number of rotatable bonds is 3. The van der Waals surface area contributed by atoms with Crippen LogP contribution in [-0.2, 0) is 0 Å². The maximum absolute atomic E-state index is 12.8. The van der Waals surface area contributed by atoms with Gasteiger partial charge in [-0.2, -0.15) is 0 Å². The zero-order chi connectivity index (χ0) is 10.7. The Morgan fingerprint density at radius 2 is 2.21 bits per heavy atom. The van der Waals surface area contributed by atoms with Gasteiger partial charge in [-0.15, -0.1) is 0 Å². The Bertz CT molecular complexity index is 355. The molecule has 0 spiro atoms. The Labute approximate surface area is 80.3 Å². The third-order valence-corrected chi connectivity index (χ3v) is 1.90. The van der Waals surface area contributed by atoms with Crippen molar-refractivity contribution in [1.82, 2.24) is 0 Å². The number of aromatic carboxylic acids is 1. The van der Waals surface area contributed by atoms with Gasteiger partial charge in [-0.3, -0.25) is 0 Å². The van der Waals surface area contributed by atoms with Gasteiger partial charge in [0, 0.05) is 12.6 Å². The third-order valence-electron chi connectivity index (χ3n) is 1.90. The second-order valence-corrected chi connectivity index (χ2v) is 2.88. The minimum Gasteiger partial charge on any atom is -0.478 e. The lowest BCUT2D eigenvalue weighted by molar-refractivity contribution is 0.0695. The molecule has 0 aliphatic heterocycles. The molecule has 1 rings (SSSR count). The Morgan fingerprint density at radius 1 is 1.57 bits per heavy atom. The molecule has 0 bridgehead atoms. The normalized spacial score (nSPS) is 12.5. The zero-order valence-electron chi connectivity index (χ0n) is 7.40. The Hall–Kier alpha value is -1.46. The van der Waals surface area contributed by atoms with E-state index in [1.54, 1.807) is 0 Å². The van der Waals surface area contributed by atoms with E-state index in [0.29, 0.717) is 0 Å². The van der Waals surface area contributed by atoms with Crippen LogP contribution in [0.3, 0.4) is 0 Å². The molecule has 0 saturated carbocycles. The standard InChI is InChI=1S/C9H11FN2O2/c10-5-1-2-6(9(13)14)7(3-5)8(12)4-11/h1-3,8H,4,11-12H2,(H,13,14)/t8-/m1/s1. The number of benzene rings is 1. The van der Waals surface area contributed by atoms with Crippen LogP contribution in [0.1, 0.15) is 22.0 Å². The molecule has 5 N–H and O–H groups in total. The number of nitrogens with two attached hydrogens (primary N) is 2. The van der Waals surface area contributed by atoms with Crippen molar-refractivity contribution in [3.05, 3.63) is 35.1 Å². The van der Waals surface area contributed by atoms with Crippen LogP contribution in [0.2, 0.25) is 0 Å². The average molecular weight is 198 g/mol. The number of hydrogen-bond acceptors (Lipinski definition) is 3. The zero-order valence-corrected chi connectivity index (χ0v) is 7.40. The van der Waals surface area contributed by atoms with Crippen LogP contribution in [0.5, 0.6) is 0 Å². The van der Waals surface area contributed by atoms with Crippen molar-refractivity contribution in [2.45, 2.75) is 6.04 Å². The van der Waals surface area contributed by atoms with Gasteiger partial charge in [0.25, 0.3) is 0 Å². The molecule has 0 aliphatic rings. The summed E-state index contributed by atoms with van der Waals surface area (Å²) in [5, 5.41) is 8.78. The van der Waals surface area contributed by atoms with E-state index in [4.69, 9.17) is 16.6 Å². The molecule has 5 heteroatoms. The fraction of sp³-hybridized carbons (Fsp3) is 0.222. The number of hydrogen-bond donors (Lipinski definition) is 3. The van der Waals surface area contributed by atoms with Crippen LogP contribution in [0, 0.1) is 5.82 Å². The molecular weight excluding hydrogens is 187 g/mol. The molecule has 0 heterocycles. The lowest BCUT2D eigenvalue weighted by Crippen LogP contribution is -2.23. The molecule has 0 aromatic heterocycles. The molecule has 76 valence electrons. The summed E-state index contributed by atoms with van der Waals surface area (Å²) in [5.74, 6) is -1.65. The molecule has 0 amide bonds. The molecular formula is C9H11FN2O2. The highest BCUT2D eigenvalue weighted by Gasteiger charge is 2.15. The van der Waals surface area contributed by atoms with Crippen LogP contribution in [0.15, 0.2) is 18.2 Å². The summed E-state index contributed by atoms with van der Waals surface area (Å²) in [4.78, 5) is 10.7. The van der Waals surface area contributed by atoms with Gasteiger partial charge in [-0.1, -0.05) is 0 Å². The molecule has 0 radical (unpaired) electrons. The fourth-order valence-corrected chi connectivity index (χ4v) is 1.16. The molecule has 1 aromatic rings. The molecule has 0 aliphatic carbocycles. The fourth-order valence-electron chi connectivity index (χ4n) is 1.16. The monoisotopic (exact) mass is 198 g/mol. The highest BCUT2D eigenvalue weighted by molar-refractivity contribution is 5.89. The van der Waals surface area contributed by atoms with Crippen LogP contribution in [0.4, 0.5) is 4.39 Å². The molecule has 1 atom stereocenters. The van der Waals surface area contributed by atoms with Crippen molar-refractivity contribution in [2.75, 3.05) is 6.54 Å². The summed E-state index contributed by atoms with van der Waals surface area (Å²) in [6.45, 7) is 0.0731. The first kappa shape index (κ1) is 10.6. The molecule has 4 nitrogen and oxygen atoms in total. The van der Waals surface area contributed by atoms with Crippen molar-refractivity contribution in [2.24, 2.45) is 11.5 Å². The van der Waals surface area contributed by atoms with E-state index >= 15 is 0 Å². The topological polar surface area (TPSA) is 89.3 Å². The first-order valence-electron chi connectivity index (χ1n) is 4.04. The molecule has 0 fully saturated rings. The summed E-state index contributed by atoms with van der Waals surface area (Å²) in [5.41, 5.74) is 11.0. The largest absolute Gasteiger partial charge is 0.478 e. The first-order chi connectivity index (χ1) is 6.56. The smallest absolute Gasteiger partial charge is 0.336 e. The van der Waals surface area contributed by atoms with E-state index in [-0.39, 0.29) is 17.7 Å². The minimum atomic E-state index is -1.14. The van der Waals surface area contributed by atoms with Crippen LogP contribution < -0.4 is 11.5 Å². The van der Waals surface area contributed by atoms with Crippen molar-refractivity contribution in [3.63, 3.8) is 0 Å². The second-order valence-electron chi connectivity index (χ2n) is 2.88. The van der Waals surface area contributed by atoms with E-state index in [1.807, 2.05) is 0 Å². The van der Waals surface area contributed by atoms with E-state index in [9.17, 15) is 9.18 Å². The van der Waals surface area contributed by atoms with E-state index in [2.05, 4.69) is 0 Å². The lowest BCUT2D eigenvalue weighted by Gasteiger charge is -2.12. The van der Waals surface area contributed by atoms with Crippen LogP contribution in [0.25, 0.3) is 0 Å². The number of carboxylic acid groups (broad SMARTS) is 1. The van der Waals surface area contributed by atoms with Gasteiger partial charge in [0.05, 0.1) is 5.56 Å².